The molecule has 0 saturated carbocycles. The summed E-state index contributed by atoms with van der Waals surface area (Å²) in [5.41, 5.74) is 0. The molecule has 6 nitrogen and oxygen atoms in total. The Hall–Kier alpha value is -2.25. The number of ether oxygens (including phenoxy) is 3. The molecule has 0 fully saturated rings. The van der Waals surface area contributed by atoms with Crippen LogP contribution in [0.1, 0.15) is 0 Å². The molecule has 124 valence electrons. The van der Waals surface area contributed by atoms with Crippen LogP contribution in [0.15, 0.2) is 53.4 Å². The molecule has 23 heavy (non-hydrogen) atoms. The Bertz CT molecular complexity index is 709. The van der Waals surface area contributed by atoms with Crippen molar-refractivity contribution in [2.24, 2.45) is 0 Å². The Morgan fingerprint density at radius 3 is 2.04 bits per heavy atom. The van der Waals surface area contributed by atoms with Gasteiger partial charge in [0.15, 0.2) is 0 Å². The molecule has 0 aliphatic heterocycles. The van der Waals surface area contributed by atoms with E-state index in [1.807, 2.05) is 0 Å². The predicted molar refractivity (Wildman–Crippen MR) is 86.7 cm³/mol. The van der Waals surface area contributed by atoms with Crippen LogP contribution in [-0.4, -0.2) is 35.8 Å². The summed E-state index contributed by atoms with van der Waals surface area (Å²) < 4.78 is 42.4. The number of hydrogen-bond donors (Lipinski definition) is 1. The fourth-order valence-electron chi connectivity index (χ4n) is 1.89. The van der Waals surface area contributed by atoms with Crippen molar-refractivity contribution in [2.75, 3.05) is 27.4 Å². The molecule has 0 heterocycles. The molecular weight excluding hydrogens is 318 g/mol. The normalized spacial score (nSPS) is 11.0. The fourth-order valence-corrected chi connectivity index (χ4v) is 2.93. The van der Waals surface area contributed by atoms with Crippen LogP contribution in [0.5, 0.6) is 17.2 Å². The SMILES string of the molecule is COc1cc(OC)cc(OCCNS(=O)(=O)c2ccccc2)c1. The lowest BCUT2D eigenvalue weighted by atomic mass is 10.3. The van der Waals surface area contributed by atoms with Gasteiger partial charge in [-0.2, -0.15) is 0 Å². The summed E-state index contributed by atoms with van der Waals surface area (Å²) in [6, 6.07) is 13.3. The van der Waals surface area contributed by atoms with E-state index in [2.05, 4.69) is 4.72 Å². The summed E-state index contributed by atoms with van der Waals surface area (Å²) in [7, 11) is -0.423. The average molecular weight is 337 g/mol. The molecule has 2 aromatic carbocycles. The van der Waals surface area contributed by atoms with Gasteiger partial charge in [-0.25, -0.2) is 13.1 Å². The molecule has 0 atom stereocenters. The van der Waals surface area contributed by atoms with Gasteiger partial charge in [0, 0.05) is 24.7 Å². The summed E-state index contributed by atoms with van der Waals surface area (Å²) in [6.45, 7) is 0.332. The standard InChI is InChI=1S/C16H19NO5S/c1-20-13-10-14(21-2)12-15(11-13)22-9-8-17-23(18,19)16-6-4-3-5-7-16/h3-7,10-12,17H,8-9H2,1-2H3. The van der Waals surface area contributed by atoms with E-state index in [1.165, 1.54) is 12.1 Å². The van der Waals surface area contributed by atoms with Gasteiger partial charge in [0.25, 0.3) is 0 Å². The minimum atomic E-state index is -3.52. The van der Waals surface area contributed by atoms with Crippen molar-refractivity contribution in [1.82, 2.24) is 4.72 Å². The summed E-state index contributed by atoms with van der Waals surface area (Å²) in [5.74, 6) is 1.74. The Kier molecular flexibility index (Phi) is 5.84. The van der Waals surface area contributed by atoms with Crippen LogP contribution < -0.4 is 18.9 Å². The molecule has 0 radical (unpaired) electrons. The molecule has 0 aliphatic rings. The highest BCUT2D eigenvalue weighted by Crippen LogP contribution is 2.27. The molecule has 1 N–H and O–H groups in total. The second-order valence-electron chi connectivity index (χ2n) is 4.61. The monoisotopic (exact) mass is 337 g/mol. The zero-order valence-electron chi connectivity index (χ0n) is 13.0. The average Bonchev–Trinajstić information content (AvgIpc) is 2.59. The van der Waals surface area contributed by atoms with Gasteiger partial charge in [-0.1, -0.05) is 18.2 Å². The van der Waals surface area contributed by atoms with Gasteiger partial charge in [0.05, 0.1) is 19.1 Å². The van der Waals surface area contributed by atoms with Crippen LogP contribution >= 0.6 is 0 Å². The van der Waals surface area contributed by atoms with Crippen molar-refractivity contribution < 1.29 is 22.6 Å². The second kappa shape index (κ2) is 7.85. The summed E-state index contributed by atoms with van der Waals surface area (Å²) in [4.78, 5) is 0.225. The van der Waals surface area contributed by atoms with Gasteiger partial charge < -0.3 is 14.2 Å². The van der Waals surface area contributed by atoms with Crippen molar-refractivity contribution in [3.05, 3.63) is 48.5 Å². The van der Waals surface area contributed by atoms with E-state index in [4.69, 9.17) is 14.2 Å². The van der Waals surface area contributed by atoms with Gasteiger partial charge in [-0.05, 0) is 12.1 Å². The molecule has 7 heteroatoms. The number of nitrogens with one attached hydrogen (secondary N) is 1. The van der Waals surface area contributed by atoms with E-state index < -0.39 is 10.0 Å². The molecule has 0 aromatic heterocycles. The first-order valence-electron chi connectivity index (χ1n) is 6.96. The van der Waals surface area contributed by atoms with E-state index in [-0.39, 0.29) is 18.0 Å². The molecule has 2 rings (SSSR count). The van der Waals surface area contributed by atoms with Crippen LogP contribution in [0.4, 0.5) is 0 Å². The van der Waals surface area contributed by atoms with Gasteiger partial charge in [-0.3, -0.25) is 0 Å². The maximum Gasteiger partial charge on any atom is 0.240 e. The highest BCUT2D eigenvalue weighted by molar-refractivity contribution is 7.89. The third kappa shape index (κ3) is 4.87. The van der Waals surface area contributed by atoms with E-state index in [0.29, 0.717) is 17.2 Å². The Labute approximate surface area is 136 Å². The number of methoxy groups -OCH3 is 2. The quantitative estimate of drug-likeness (QED) is 0.747. The first-order valence-corrected chi connectivity index (χ1v) is 8.44. The van der Waals surface area contributed by atoms with Crippen molar-refractivity contribution in [3.8, 4) is 17.2 Å². The smallest absolute Gasteiger partial charge is 0.240 e. The lowest BCUT2D eigenvalue weighted by Gasteiger charge is -2.11. The van der Waals surface area contributed by atoms with Crippen molar-refractivity contribution in [3.63, 3.8) is 0 Å². The van der Waals surface area contributed by atoms with E-state index in [0.717, 1.165) is 0 Å². The second-order valence-corrected chi connectivity index (χ2v) is 6.37. The fraction of sp³-hybridized carbons (Fsp3) is 0.250. The molecule has 0 saturated heterocycles. The van der Waals surface area contributed by atoms with Crippen LogP contribution in [0.25, 0.3) is 0 Å². The topological polar surface area (TPSA) is 73.9 Å². The lowest BCUT2D eigenvalue weighted by Crippen LogP contribution is -2.28. The predicted octanol–water partition coefficient (Wildman–Crippen LogP) is 2.06. The Morgan fingerprint density at radius 2 is 1.48 bits per heavy atom. The minimum Gasteiger partial charge on any atom is -0.496 e. The van der Waals surface area contributed by atoms with Crippen LogP contribution in [-0.2, 0) is 10.0 Å². The Balaban J connectivity index is 1.91. The number of hydrogen-bond acceptors (Lipinski definition) is 5. The molecule has 2 aromatic rings. The van der Waals surface area contributed by atoms with Gasteiger partial charge >= 0.3 is 0 Å². The Morgan fingerprint density at radius 1 is 0.913 bits per heavy atom. The first-order chi connectivity index (χ1) is 11.0. The maximum absolute atomic E-state index is 12.0. The molecule has 0 spiro atoms. The van der Waals surface area contributed by atoms with Crippen molar-refractivity contribution in [1.29, 1.82) is 0 Å². The highest BCUT2D eigenvalue weighted by Gasteiger charge is 2.12. The zero-order valence-corrected chi connectivity index (χ0v) is 13.8. The largest absolute Gasteiger partial charge is 0.496 e. The van der Waals surface area contributed by atoms with E-state index >= 15 is 0 Å². The molecule has 0 amide bonds. The minimum absolute atomic E-state index is 0.150. The lowest BCUT2D eigenvalue weighted by molar-refractivity contribution is 0.316. The molecule has 0 aliphatic carbocycles. The van der Waals surface area contributed by atoms with E-state index in [9.17, 15) is 8.42 Å². The summed E-state index contributed by atoms with van der Waals surface area (Å²) >= 11 is 0. The third-order valence-corrected chi connectivity index (χ3v) is 4.52. The summed E-state index contributed by atoms with van der Waals surface area (Å²) in [5, 5.41) is 0. The molecular formula is C16H19NO5S. The van der Waals surface area contributed by atoms with Gasteiger partial charge in [0.1, 0.15) is 23.9 Å². The number of sulfonamides is 1. The van der Waals surface area contributed by atoms with E-state index in [1.54, 1.807) is 50.6 Å². The summed E-state index contributed by atoms with van der Waals surface area (Å²) in [6.07, 6.45) is 0. The van der Waals surface area contributed by atoms with Gasteiger partial charge in [-0.15, -0.1) is 0 Å². The highest BCUT2D eigenvalue weighted by atomic mass is 32.2. The first kappa shape index (κ1) is 17.1. The van der Waals surface area contributed by atoms with Crippen LogP contribution in [0.2, 0.25) is 0 Å². The molecule has 0 unspecified atom stereocenters. The number of benzene rings is 2. The van der Waals surface area contributed by atoms with Crippen LogP contribution in [0.3, 0.4) is 0 Å². The third-order valence-electron chi connectivity index (χ3n) is 3.04. The van der Waals surface area contributed by atoms with Crippen molar-refractivity contribution >= 4 is 10.0 Å². The van der Waals surface area contributed by atoms with Gasteiger partial charge in [0.2, 0.25) is 10.0 Å². The maximum atomic E-state index is 12.0. The molecule has 0 bridgehead atoms. The van der Waals surface area contributed by atoms with Crippen LogP contribution in [0, 0.1) is 0 Å². The zero-order chi connectivity index (χ0) is 16.7. The van der Waals surface area contributed by atoms with Crippen molar-refractivity contribution in [2.45, 2.75) is 4.90 Å². The number of rotatable bonds is 8.